The van der Waals surface area contributed by atoms with Crippen molar-refractivity contribution >= 4 is 44.7 Å². The SMILES string of the molecule is CCOc1ccc2oc(-c3ccccc3)c(C(=O)Oc3ccc(C=CC(=O)c4ccc(Br)cc4)cc3)c2c1. The van der Waals surface area contributed by atoms with Gasteiger partial charge < -0.3 is 13.9 Å². The van der Waals surface area contributed by atoms with Crippen LogP contribution < -0.4 is 9.47 Å². The highest BCUT2D eigenvalue weighted by Crippen LogP contribution is 2.36. The Bertz CT molecular complexity index is 1620. The molecule has 5 rings (SSSR count). The molecule has 0 unspecified atom stereocenters. The second kappa shape index (κ2) is 11.3. The Labute approximate surface area is 228 Å². The molecule has 0 fully saturated rings. The molecule has 5 nitrogen and oxygen atoms in total. The van der Waals surface area contributed by atoms with Gasteiger partial charge in [-0.15, -0.1) is 0 Å². The van der Waals surface area contributed by atoms with Crippen molar-refractivity contribution in [3.05, 3.63) is 124 Å². The molecule has 0 amide bonds. The summed E-state index contributed by atoms with van der Waals surface area (Å²) in [5, 5.41) is 0.616. The van der Waals surface area contributed by atoms with Crippen LogP contribution in [0.3, 0.4) is 0 Å². The molecule has 5 aromatic rings. The number of benzene rings is 4. The number of carbonyl (C=O) groups is 2. The van der Waals surface area contributed by atoms with Crippen LogP contribution in [0.4, 0.5) is 0 Å². The number of furan rings is 1. The predicted octanol–water partition coefficient (Wildman–Crippen LogP) is 8.38. The van der Waals surface area contributed by atoms with Crippen molar-refractivity contribution in [2.75, 3.05) is 6.61 Å². The third kappa shape index (κ3) is 5.61. The third-order valence-corrected chi connectivity index (χ3v) is 6.39. The minimum Gasteiger partial charge on any atom is -0.494 e. The van der Waals surface area contributed by atoms with E-state index in [4.69, 9.17) is 13.9 Å². The van der Waals surface area contributed by atoms with Gasteiger partial charge >= 0.3 is 5.97 Å². The van der Waals surface area contributed by atoms with E-state index >= 15 is 0 Å². The number of hydrogen-bond donors (Lipinski definition) is 0. The maximum Gasteiger partial charge on any atom is 0.348 e. The van der Waals surface area contributed by atoms with Gasteiger partial charge in [0, 0.05) is 21.0 Å². The average Bonchev–Trinajstić information content (AvgIpc) is 3.33. The Morgan fingerprint density at radius 3 is 2.29 bits per heavy atom. The Morgan fingerprint density at radius 1 is 0.868 bits per heavy atom. The predicted molar refractivity (Wildman–Crippen MR) is 152 cm³/mol. The van der Waals surface area contributed by atoms with E-state index in [1.807, 2.05) is 55.5 Å². The molecule has 0 saturated heterocycles. The Balaban J connectivity index is 1.39. The van der Waals surface area contributed by atoms with Crippen molar-refractivity contribution in [1.82, 2.24) is 0 Å². The van der Waals surface area contributed by atoms with Crippen LogP contribution in [0.1, 0.15) is 33.2 Å². The van der Waals surface area contributed by atoms with E-state index in [0.717, 1.165) is 15.6 Å². The van der Waals surface area contributed by atoms with Crippen LogP contribution >= 0.6 is 15.9 Å². The molecule has 0 atom stereocenters. The summed E-state index contributed by atoms with van der Waals surface area (Å²) in [7, 11) is 0. The quantitative estimate of drug-likeness (QED) is 0.0816. The van der Waals surface area contributed by atoms with E-state index in [2.05, 4.69) is 15.9 Å². The fourth-order valence-corrected chi connectivity index (χ4v) is 4.28. The zero-order valence-corrected chi connectivity index (χ0v) is 22.1. The van der Waals surface area contributed by atoms with Gasteiger partial charge in [-0.1, -0.05) is 64.5 Å². The first-order valence-electron chi connectivity index (χ1n) is 12.1. The standard InChI is InChI=1S/C32H23BrO5/c1-2-36-26-17-19-29-27(20-26)30(31(38-29)23-6-4-3-5-7-23)32(35)37-25-15-8-21(9-16-25)10-18-28(34)22-11-13-24(33)14-12-22/h3-20H,2H2,1H3. The molecule has 1 aromatic heterocycles. The molecule has 0 radical (unpaired) electrons. The summed E-state index contributed by atoms with van der Waals surface area (Å²) in [5.74, 6) is 0.818. The molecule has 6 heteroatoms. The van der Waals surface area contributed by atoms with Gasteiger partial charge in [0.1, 0.15) is 28.4 Å². The van der Waals surface area contributed by atoms with E-state index in [-0.39, 0.29) is 5.78 Å². The van der Waals surface area contributed by atoms with Crippen molar-refractivity contribution in [3.63, 3.8) is 0 Å². The molecule has 0 aliphatic rings. The van der Waals surface area contributed by atoms with Crippen molar-refractivity contribution in [3.8, 4) is 22.8 Å². The number of carbonyl (C=O) groups excluding carboxylic acids is 2. The third-order valence-electron chi connectivity index (χ3n) is 5.86. The lowest BCUT2D eigenvalue weighted by Gasteiger charge is -2.07. The fourth-order valence-electron chi connectivity index (χ4n) is 4.02. The molecule has 38 heavy (non-hydrogen) atoms. The number of ether oxygens (including phenoxy) is 2. The highest BCUT2D eigenvalue weighted by Gasteiger charge is 2.24. The van der Waals surface area contributed by atoms with Gasteiger partial charge in [0.2, 0.25) is 0 Å². The number of halogens is 1. The lowest BCUT2D eigenvalue weighted by Crippen LogP contribution is -2.09. The van der Waals surface area contributed by atoms with Crippen molar-refractivity contribution in [1.29, 1.82) is 0 Å². The van der Waals surface area contributed by atoms with E-state index in [9.17, 15) is 9.59 Å². The molecule has 188 valence electrons. The monoisotopic (exact) mass is 566 g/mol. The molecule has 0 aliphatic carbocycles. The molecule has 0 aliphatic heterocycles. The van der Waals surface area contributed by atoms with Crippen LogP contribution in [-0.2, 0) is 0 Å². The minimum atomic E-state index is -0.537. The lowest BCUT2D eigenvalue weighted by molar-refractivity contribution is 0.0736. The second-order valence-electron chi connectivity index (χ2n) is 8.43. The van der Waals surface area contributed by atoms with E-state index in [1.165, 1.54) is 6.08 Å². The van der Waals surface area contributed by atoms with E-state index in [0.29, 0.717) is 46.0 Å². The van der Waals surface area contributed by atoms with Gasteiger partial charge in [-0.3, -0.25) is 4.79 Å². The molecule has 0 spiro atoms. The normalized spacial score (nSPS) is 11.1. The molecule has 0 bridgehead atoms. The van der Waals surface area contributed by atoms with Crippen molar-refractivity contribution < 1.29 is 23.5 Å². The number of allylic oxidation sites excluding steroid dienone is 1. The summed E-state index contributed by atoms with van der Waals surface area (Å²) < 4.78 is 18.4. The summed E-state index contributed by atoms with van der Waals surface area (Å²) >= 11 is 3.37. The molecule has 1 heterocycles. The van der Waals surface area contributed by atoms with Crippen molar-refractivity contribution in [2.24, 2.45) is 0 Å². The minimum absolute atomic E-state index is 0.0975. The van der Waals surface area contributed by atoms with Crippen LogP contribution in [0.15, 0.2) is 112 Å². The van der Waals surface area contributed by atoms with Crippen molar-refractivity contribution in [2.45, 2.75) is 6.92 Å². The van der Waals surface area contributed by atoms with Crippen LogP contribution in [0.2, 0.25) is 0 Å². The van der Waals surface area contributed by atoms with Gasteiger partial charge in [0.15, 0.2) is 5.78 Å². The fraction of sp³-hybridized carbons (Fsp3) is 0.0625. The Hall–Kier alpha value is -4.42. The lowest BCUT2D eigenvalue weighted by atomic mass is 10.1. The van der Waals surface area contributed by atoms with Gasteiger partial charge in [0.05, 0.1) is 6.61 Å². The average molecular weight is 567 g/mol. The Kier molecular flexibility index (Phi) is 7.52. The summed E-state index contributed by atoms with van der Waals surface area (Å²) in [6, 6.07) is 29.0. The Morgan fingerprint density at radius 2 is 1.58 bits per heavy atom. The summed E-state index contributed by atoms with van der Waals surface area (Å²) in [4.78, 5) is 25.9. The highest BCUT2D eigenvalue weighted by atomic mass is 79.9. The molecule has 4 aromatic carbocycles. The zero-order valence-electron chi connectivity index (χ0n) is 20.5. The maximum absolute atomic E-state index is 13.4. The highest BCUT2D eigenvalue weighted by molar-refractivity contribution is 9.10. The summed E-state index contributed by atoms with van der Waals surface area (Å²) in [5.41, 5.74) is 3.07. The second-order valence-corrected chi connectivity index (χ2v) is 9.34. The number of rotatable bonds is 8. The van der Waals surface area contributed by atoms with Crippen LogP contribution in [0.5, 0.6) is 11.5 Å². The van der Waals surface area contributed by atoms with E-state index < -0.39 is 5.97 Å². The summed E-state index contributed by atoms with van der Waals surface area (Å²) in [6.07, 6.45) is 3.24. The van der Waals surface area contributed by atoms with Crippen LogP contribution in [0.25, 0.3) is 28.4 Å². The van der Waals surface area contributed by atoms with Gasteiger partial charge in [-0.2, -0.15) is 0 Å². The first-order valence-corrected chi connectivity index (χ1v) is 12.9. The first kappa shape index (κ1) is 25.2. The number of esters is 1. The first-order chi connectivity index (χ1) is 18.5. The van der Waals surface area contributed by atoms with Gasteiger partial charge in [0.25, 0.3) is 0 Å². The number of ketones is 1. The smallest absolute Gasteiger partial charge is 0.348 e. The number of fused-ring (bicyclic) bond motifs is 1. The van der Waals surface area contributed by atoms with E-state index in [1.54, 1.807) is 54.6 Å². The molecule has 0 saturated carbocycles. The molecular weight excluding hydrogens is 544 g/mol. The molecular formula is C32H23BrO5. The van der Waals surface area contributed by atoms with Gasteiger partial charge in [-0.25, -0.2) is 4.79 Å². The number of hydrogen-bond acceptors (Lipinski definition) is 5. The largest absolute Gasteiger partial charge is 0.494 e. The zero-order chi connectivity index (χ0) is 26.5. The van der Waals surface area contributed by atoms with Gasteiger partial charge in [-0.05, 0) is 73.2 Å². The summed E-state index contributed by atoms with van der Waals surface area (Å²) in [6.45, 7) is 2.41. The van der Waals surface area contributed by atoms with Crippen LogP contribution in [0, 0.1) is 0 Å². The molecule has 0 N–H and O–H groups in total. The maximum atomic E-state index is 13.4. The topological polar surface area (TPSA) is 65.7 Å². The van der Waals surface area contributed by atoms with Crippen LogP contribution in [-0.4, -0.2) is 18.4 Å².